The highest BCUT2D eigenvalue weighted by Gasteiger charge is 2.44. The predicted octanol–water partition coefficient (Wildman–Crippen LogP) is 10.5. The maximum absolute atomic E-state index is 13.0. The van der Waals surface area contributed by atoms with Crippen molar-refractivity contribution in [2.45, 2.75) is 256 Å². The van der Waals surface area contributed by atoms with Gasteiger partial charge in [0.25, 0.3) is 0 Å². The number of amides is 1. The third kappa shape index (κ3) is 29.6. The number of carbonyl (C=O) groups is 1. The van der Waals surface area contributed by atoms with Crippen molar-refractivity contribution in [2.24, 2.45) is 0 Å². The van der Waals surface area contributed by atoms with E-state index < -0.39 is 49.5 Å². The Bertz CT molecular complexity index is 1000. The SMILES string of the molecule is CCCCCCC/C=C\C/C=C\CCCCCCCCCCCC(=O)NC(COC1OC(CO)C(O)C(O)C1O)C(O)/C=C/CCCCCCCCCCCCCC. The molecule has 0 saturated carbocycles. The smallest absolute Gasteiger partial charge is 0.220 e. The summed E-state index contributed by atoms with van der Waals surface area (Å²) in [6, 6.07) is -0.805. The molecule has 1 saturated heterocycles. The van der Waals surface area contributed by atoms with Crippen LogP contribution in [0.3, 0.4) is 0 Å². The molecule has 1 heterocycles. The van der Waals surface area contributed by atoms with Gasteiger partial charge < -0.3 is 40.3 Å². The highest BCUT2D eigenvalue weighted by Crippen LogP contribution is 2.23. The van der Waals surface area contributed by atoms with Gasteiger partial charge in [-0.05, 0) is 51.4 Å². The minimum atomic E-state index is -1.57. The van der Waals surface area contributed by atoms with Crippen molar-refractivity contribution in [1.29, 1.82) is 0 Å². The number of rotatable bonds is 40. The molecule has 1 rings (SSSR count). The van der Waals surface area contributed by atoms with Crippen molar-refractivity contribution in [1.82, 2.24) is 5.32 Å². The summed E-state index contributed by atoms with van der Waals surface area (Å²) in [5.74, 6) is -0.182. The van der Waals surface area contributed by atoms with Crippen LogP contribution in [0.1, 0.15) is 213 Å². The Balaban J connectivity index is 2.31. The molecule has 0 aromatic rings. The van der Waals surface area contributed by atoms with E-state index in [1.165, 1.54) is 148 Å². The van der Waals surface area contributed by atoms with Crippen molar-refractivity contribution < 1.29 is 39.8 Å². The van der Waals surface area contributed by atoms with Gasteiger partial charge in [0.05, 0.1) is 25.4 Å². The van der Waals surface area contributed by atoms with Crippen LogP contribution in [-0.2, 0) is 14.3 Å². The second-order valence-electron chi connectivity index (χ2n) is 16.9. The van der Waals surface area contributed by atoms with E-state index in [9.17, 15) is 30.3 Å². The fourth-order valence-electron chi connectivity index (χ4n) is 7.54. The first-order chi connectivity index (χ1) is 28.3. The number of nitrogens with one attached hydrogen (secondary N) is 1. The van der Waals surface area contributed by atoms with Crippen molar-refractivity contribution in [3.63, 3.8) is 0 Å². The molecule has 58 heavy (non-hydrogen) atoms. The third-order valence-electron chi connectivity index (χ3n) is 11.5. The molecule has 1 amide bonds. The lowest BCUT2D eigenvalue weighted by atomic mass is 9.99. The van der Waals surface area contributed by atoms with Gasteiger partial charge in [0, 0.05) is 6.42 Å². The average Bonchev–Trinajstić information content (AvgIpc) is 3.22. The molecule has 0 radical (unpaired) electrons. The molecule has 7 unspecified atom stereocenters. The van der Waals surface area contributed by atoms with Crippen molar-refractivity contribution in [2.75, 3.05) is 13.2 Å². The lowest BCUT2D eigenvalue weighted by Crippen LogP contribution is -2.60. The zero-order valence-electron chi connectivity index (χ0n) is 37.3. The molecule has 0 aliphatic carbocycles. The molecule has 0 aromatic heterocycles. The normalized spacial score (nSPS) is 21.1. The molecule has 1 aliphatic heterocycles. The molecule has 7 atom stereocenters. The topological polar surface area (TPSA) is 149 Å². The second kappa shape index (κ2) is 39.5. The van der Waals surface area contributed by atoms with E-state index in [2.05, 4.69) is 43.5 Å². The first kappa shape index (κ1) is 54.4. The molecular formula is C49H91NO8. The fourth-order valence-corrected chi connectivity index (χ4v) is 7.54. The number of aliphatic hydroxyl groups excluding tert-OH is 5. The minimum Gasteiger partial charge on any atom is -0.394 e. The van der Waals surface area contributed by atoms with Gasteiger partial charge in [0.2, 0.25) is 5.91 Å². The van der Waals surface area contributed by atoms with E-state index in [-0.39, 0.29) is 12.5 Å². The van der Waals surface area contributed by atoms with E-state index in [1.807, 2.05) is 6.08 Å². The maximum Gasteiger partial charge on any atom is 0.220 e. The summed E-state index contributed by atoms with van der Waals surface area (Å²) in [5, 5.41) is 54.2. The summed E-state index contributed by atoms with van der Waals surface area (Å²) in [5.41, 5.74) is 0. The lowest BCUT2D eigenvalue weighted by Gasteiger charge is -2.40. The standard InChI is InChI=1S/C49H91NO8/c1-3-5-7-9-11-13-15-17-19-20-21-22-23-24-25-27-29-31-33-35-37-39-45(53)50-42(41-57-49-48(56)47(55)46(54)44(40-51)58-49)43(52)38-36-34-32-30-28-26-18-16-14-12-10-8-6-4-2/h15,17,20-21,36,38,42-44,46-49,51-52,54-56H,3-14,16,18-19,22-35,37,39-41H2,1-2H3,(H,50,53)/b17-15-,21-20-,38-36+. The predicted molar refractivity (Wildman–Crippen MR) is 240 cm³/mol. The van der Waals surface area contributed by atoms with E-state index in [0.29, 0.717) is 6.42 Å². The summed E-state index contributed by atoms with van der Waals surface area (Å²) >= 11 is 0. The van der Waals surface area contributed by atoms with E-state index in [4.69, 9.17) is 9.47 Å². The Hall–Kier alpha value is -1.59. The number of unbranched alkanes of at least 4 members (excludes halogenated alkanes) is 26. The van der Waals surface area contributed by atoms with Gasteiger partial charge in [0.15, 0.2) is 6.29 Å². The third-order valence-corrected chi connectivity index (χ3v) is 11.5. The Labute approximate surface area is 355 Å². The van der Waals surface area contributed by atoms with Crippen LogP contribution in [0.15, 0.2) is 36.5 Å². The summed E-state index contributed by atoms with van der Waals surface area (Å²) < 4.78 is 11.2. The van der Waals surface area contributed by atoms with E-state index in [0.717, 1.165) is 44.9 Å². The first-order valence-electron chi connectivity index (χ1n) is 24.2. The van der Waals surface area contributed by atoms with Crippen molar-refractivity contribution >= 4 is 5.91 Å². The van der Waals surface area contributed by atoms with Gasteiger partial charge in [-0.15, -0.1) is 0 Å². The number of aliphatic hydroxyl groups is 5. The van der Waals surface area contributed by atoms with Gasteiger partial charge in [0.1, 0.15) is 24.4 Å². The summed E-state index contributed by atoms with van der Waals surface area (Å²) in [7, 11) is 0. The van der Waals surface area contributed by atoms with Gasteiger partial charge in [-0.25, -0.2) is 0 Å². The minimum absolute atomic E-state index is 0.182. The quantitative estimate of drug-likeness (QED) is 0.0264. The monoisotopic (exact) mass is 822 g/mol. The van der Waals surface area contributed by atoms with Crippen molar-refractivity contribution in [3.8, 4) is 0 Å². The summed E-state index contributed by atoms with van der Waals surface area (Å²) in [6.45, 7) is 3.76. The number of ether oxygens (including phenoxy) is 2. The molecule has 0 aromatic carbocycles. The molecule has 1 aliphatic rings. The average molecular weight is 822 g/mol. The Morgan fingerprint density at radius 3 is 1.48 bits per heavy atom. The number of hydrogen-bond acceptors (Lipinski definition) is 8. The van der Waals surface area contributed by atoms with Crippen LogP contribution in [0.2, 0.25) is 0 Å². The molecule has 0 bridgehead atoms. The molecular weight excluding hydrogens is 731 g/mol. The molecule has 340 valence electrons. The van der Waals surface area contributed by atoms with E-state index >= 15 is 0 Å². The highest BCUT2D eigenvalue weighted by atomic mass is 16.7. The molecule has 1 fully saturated rings. The van der Waals surface area contributed by atoms with Gasteiger partial charge in [-0.2, -0.15) is 0 Å². The number of allylic oxidation sites excluding steroid dienone is 5. The zero-order chi connectivity index (χ0) is 42.3. The van der Waals surface area contributed by atoms with E-state index in [1.54, 1.807) is 6.08 Å². The number of carbonyl (C=O) groups excluding carboxylic acids is 1. The van der Waals surface area contributed by atoms with Crippen LogP contribution in [-0.4, -0.2) is 87.5 Å². The second-order valence-corrected chi connectivity index (χ2v) is 16.9. The summed E-state index contributed by atoms with van der Waals surface area (Å²) in [6.07, 6.45) is 41.8. The van der Waals surface area contributed by atoms with Crippen LogP contribution in [0.4, 0.5) is 0 Å². The molecule has 9 heteroatoms. The van der Waals surface area contributed by atoms with Crippen LogP contribution in [0.25, 0.3) is 0 Å². The van der Waals surface area contributed by atoms with Gasteiger partial charge >= 0.3 is 0 Å². The fraction of sp³-hybridized carbons (Fsp3) is 0.857. The summed E-state index contributed by atoms with van der Waals surface area (Å²) in [4.78, 5) is 13.0. The Morgan fingerprint density at radius 1 is 0.586 bits per heavy atom. The maximum atomic E-state index is 13.0. The number of hydrogen-bond donors (Lipinski definition) is 6. The van der Waals surface area contributed by atoms with Crippen molar-refractivity contribution in [3.05, 3.63) is 36.5 Å². The van der Waals surface area contributed by atoms with Gasteiger partial charge in [-0.1, -0.05) is 192 Å². The molecule has 0 spiro atoms. The first-order valence-corrected chi connectivity index (χ1v) is 24.2. The highest BCUT2D eigenvalue weighted by molar-refractivity contribution is 5.76. The molecule has 6 N–H and O–H groups in total. The van der Waals surface area contributed by atoms with Crippen LogP contribution < -0.4 is 5.32 Å². The lowest BCUT2D eigenvalue weighted by molar-refractivity contribution is -0.302. The van der Waals surface area contributed by atoms with Crippen LogP contribution in [0, 0.1) is 0 Å². The Kier molecular flexibility index (Phi) is 37.1. The largest absolute Gasteiger partial charge is 0.394 e. The van der Waals surface area contributed by atoms with Crippen LogP contribution in [0.5, 0.6) is 0 Å². The Morgan fingerprint density at radius 2 is 1.02 bits per heavy atom. The zero-order valence-corrected chi connectivity index (χ0v) is 37.3. The molecule has 9 nitrogen and oxygen atoms in total. The van der Waals surface area contributed by atoms with Gasteiger partial charge in [-0.3, -0.25) is 4.79 Å². The van der Waals surface area contributed by atoms with Crippen LogP contribution >= 0.6 is 0 Å².